The van der Waals surface area contributed by atoms with E-state index in [0.717, 1.165) is 16.9 Å². The van der Waals surface area contributed by atoms with Crippen molar-refractivity contribution in [3.05, 3.63) is 56.9 Å². The molecule has 0 radical (unpaired) electrons. The van der Waals surface area contributed by atoms with Gasteiger partial charge in [-0.1, -0.05) is 23.7 Å². The van der Waals surface area contributed by atoms with Crippen LogP contribution in [-0.2, 0) is 9.53 Å². The maximum Gasteiger partial charge on any atom is 0.341 e. The van der Waals surface area contributed by atoms with E-state index in [9.17, 15) is 14.4 Å². The topological polar surface area (TPSA) is 75.7 Å². The first kappa shape index (κ1) is 21.7. The molecule has 0 spiro atoms. The fourth-order valence-corrected chi connectivity index (χ4v) is 3.70. The molecule has 0 fully saturated rings. The summed E-state index contributed by atoms with van der Waals surface area (Å²) in [7, 11) is 3.25. The molecule has 0 bridgehead atoms. The zero-order chi connectivity index (χ0) is 20.8. The number of amides is 2. The first-order valence-electron chi connectivity index (χ1n) is 8.51. The van der Waals surface area contributed by atoms with E-state index in [1.54, 1.807) is 58.3 Å². The summed E-state index contributed by atoms with van der Waals surface area (Å²) in [6, 6.07) is 7.00. The molecule has 1 heterocycles. The molecule has 0 saturated carbocycles. The summed E-state index contributed by atoms with van der Waals surface area (Å²) < 4.78 is 5.09. The van der Waals surface area contributed by atoms with Crippen molar-refractivity contribution < 1.29 is 19.1 Å². The highest BCUT2D eigenvalue weighted by Gasteiger charge is 2.27. The highest BCUT2D eigenvalue weighted by molar-refractivity contribution is 7.18. The van der Waals surface area contributed by atoms with Gasteiger partial charge in [-0.3, -0.25) is 9.59 Å². The lowest BCUT2D eigenvalue weighted by Gasteiger charge is -2.09. The molecule has 0 saturated heterocycles. The van der Waals surface area contributed by atoms with Gasteiger partial charge in [-0.2, -0.15) is 0 Å². The Morgan fingerprint density at radius 2 is 1.86 bits per heavy atom. The van der Waals surface area contributed by atoms with Crippen molar-refractivity contribution >= 4 is 51.8 Å². The molecule has 1 aromatic carbocycles. The van der Waals surface area contributed by atoms with Crippen LogP contribution in [0.2, 0.25) is 5.02 Å². The maximum atomic E-state index is 12.4. The van der Waals surface area contributed by atoms with Gasteiger partial charge in [-0.25, -0.2) is 4.79 Å². The predicted molar refractivity (Wildman–Crippen MR) is 112 cm³/mol. The fraction of sp³-hybridized carbons (Fsp3) is 0.250. The first-order chi connectivity index (χ1) is 13.2. The van der Waals surface area contributed by atoms with Crippen molar-refractivity contribution in [2.75, 3.05) is 26.0 Å². The third kappa shape index (κ3) is 5.21. The molecule has 0 unspecified atom stereocenters. The smallest absolute Gasteiger partial charge is 0.341 e. The van der Waals surface area contributed by atoms with E-state index < -0.39 is 11.9 Å². The van der Waals surface area contributed by atoms with Crippen LogP contribution >= 0.6 is 22.9 Å². The van der Waals surface area contributed by atoms with E-state index in [-0.39, 0.29) is 23.1 Å². The highest BCUT2D eigenvalue weighted by atomic mass is 35.5. The number of anilines is 1. The monoisotopic (exact) mass is 420 g/mol. The molecule has 0 aliphatic carbocycles. The second kappa shape index (κ2) is 9.52. The lowest BCUT2D eigenvalue weighted by molar-refractivity contribution is -0.111. The van der Waals surface area contributed by atoms with E-state index in [0.29, 0.717) is 15.5 Å². The van der Waals surface area contributed by atoms with Crippen LogP contribution in [0, 0.1) is 6.92 Å². The molecule has 0 aliphatic heterocycles. The number of hydrogen-bond donors (Lipinski definition) is 1. The second-order valence-electron chi connectivity index (χ2n) is 6.05. The number of nitrogens with one attached hydrogen (secondary N) is 1. The maximum absolute atomic E-state index is 12.4. The van der Waals surface area contributed by atoms with Crippen LogP contribution < -0.4 is 5.32 Å². The number of ether oxygens (including phenoxy) is 1. The Morgan fingerprint density at radius 3 is 2.43 bits per heavy atom. The SMILES string of the molecule is CCOC(=O)c1c(NC(=O)/C=C/c2ccc(Cl)cc2)sc(C(=O)N(C)C)c1C. The molecule has 2 rings (SSSR count). The number of benzene rings is 1. The van der Waals surface area contributed by atoms with Crippen LogP contribution in [0.3, 0.4) is 0 Å². The largest absolute Gasteiger partial charge is 0.462 e. The number of halogens is 1. The second-order valence-corrected chi connectivity index (χ2v) is 7.51. The number of carbonyl (C=O) groups is 3. The van der Waals surface area contributed by atoms with Gasteiger partial charge >= 0.3 is 5.97 Å². The zero-order valence-electron chi connectivity index (χ0n) is 16.0. The minimum Gasteiger partial charge on any atom is -0.462 e. The van der Waals surface area contributed by atoms with Crippen molar-refractivity contribution in [3.8, 4) is 0 Å². The highest BCUT2D eigenvalue weighted by Crippen LogP contribution is 2.34. The average Bonchev–Trinajstić information content (AvgIpc) is 2.96. The van der Waals surface area contributed by atoms with Gasteiger partial charge < -0.3 is 15.0 Å². The van der Waals surface area contributed by atoms with Crippen molar-refractivity contribution in [1.29, 1.82) is 0 Å². The number of hydrogen-bond acceptors (Lipinski definition) is 5. The van der Waals surface area contributed by atoms with Crippen molar-refractivity contribution in [2.45, 2.75) is 13.8 Å². The van der Waals surface area contributed by atoms with Crippen molar-refractivity contribution in [3.63, 3.8) is 0 Å². The molecule has 0 aliphatic rings. The Bertz CT molecular complexity index is 917. The van der Waals surface area contributed by atoms with Gasteiger partial charge in [0.2, 0.25) is 5.91 Å². The first-order valence-corrected chi connectivity index (χ1v) is 9.70. The average molecular weight is 421 g/mol. The van der Waals surface area contributed by atoms with E-state index >= 15 is 0 Å². The van der Waals surface area contributed by atoms with Crippen LogP contribution in [0.4, 0.5) is 5.00 Å². The third-order valence-corrected chi connectivity index (χ3v) is 5.21. The Balaban J connectivity index is 2.30. The van der Waals surface area contributed by atoms with Gasteiger partial charge in [0, 0.05) is 25.2 Å². The summed E-state index contributed by atoms with van der Waals surface area (Å²) in [5.74, 6) is -1.25. The van der Waals surface area contributed by atoms with Gasteiger partial charge in [-0.15, -0.1) is 11.3 Å². The molecule has 0 atom stereocenters. The van der Waals surface area contributed by atoms with E-state index in [1.165, 1.54) is 11.0 Å². The zero-order valence-corrected chi connectivity index (χ0v) is 17.6. The summed E-state index contributed by atoms with van der Waals surface area (Å²) in [5.41, 5.74) is 1.49. The minimum atomic E-state index is -0.578. The van der Waals surface area contributed by atoms with Gasteiger partial charge in [0.05, 0.1) is 17.0 Å². The number of carbonyl (C=O) groups excluding carboxylic acids is 3. The van der Waals surface area contributed by atoms with Gasteiger partial charge in [0.15, 0.2) is 0 Å². The Kier molecular flexibility index (Phi) is 7.37. The summed E-state index contributed by atoms with van der Waals surface area (Å²) in [5, 5.41) is 3.57. The summed E-state index contributed by atoms with van der Waals surface area (Å²) in [6.45, 7) is 3.55. The number of thiophene rings is 1. The molecule has 6 nitrogen and oxygen atoms in total. The molecule has 8 heteroatoms. The summed E-state index contributed by atoms with van der Waals surface area (Å²) >= 11 is 6.90. The fourth-order valence-electron chi connectivity index (χ4n) is 2.36. The number of nitrogens with zero attached hydrogens (tertiary/aromatic N) is 1. The van der Waals surface area contributed by atoms with Gasteiger partial charge in [0.1, 0.15) is 5.00 Å². The van der Waals surface area contributed by atoms with E-state index in [1.807, 2.05) is 0 Å². The minimum absolute atomic E-state index is 0.189. The van der Waals surface area contributed by atoms with Crippen molar-refractivity contribution in [2.24, 2.45) is 0 Å². The molecule has 28 heavy (non-hydrogen) atoms. The van der Waals surface area contributed by atoms with Crippen LogP contribution in [-0.4, -0.2) is 43.4 Å². The molecule has 148 valence electrons. The number of rotatable bonds is 6. The number of esters is 1. The third-order valence-electron chi connectivity index (χ3n) is 3.76. The Labute approximate surface area is 172 Å². The van der Waals surface area contributed by atoms with Gasteiger partial charge in [-0.05, 0) is 43.2 Å². The van der Waals surface area contributed by atoms with Crippen LogP contribution in [0.5, 0.6) is 0 Å². The van der Waals surface area contributed by atoms with Crippen LogP contribution in [0.25, 0.3) is 6.08 Å². The van der Waals surface area contributed by atoms with E-state index in [4.69, 9.17) is 16.3 Å². The quantitative estimate of drug-likeness (QED) is 0.560. The molecular formula is C20H21ClN2O4S. The van der Waals surface area contributed by atoms with Gasteiger partial charge in [0.25, 0.3) is 5.91 Å². The predicted octanol–water partition coefficient (Wildman–Crippen LogP) is 4.24. The molecule has 2 aromatic rings. The molecule has 1 N–H and O–H groups in total. The summed E-state index contributed by atoms with van der Waals surface area (Å²) in [6.07, 6.45) is 2.97. The Morgan fingerprint density at radius 1 is 1.21 bits per heavy atom. The standard InChI is InChI=1S/C20H21ClN2O4S/c1-5-27-20(26)16-12(2)17(19(25)23(3)4)28-18(16)22-15(24)11-8-13-6-9-14(21)10-7-13/h6-11H,5H2,1-4H3,(H,22,24)/b11-8+. The van der Waals surface area contributed by atoms with Crippen molar-refractivity contribution in [1.82, 2.24) is 4.90 Å². The summed E-state index contributed by atoms with van der Waals surface area (Å²) in [4.78, 5) is 38.9. The van der Waals surface area contributed by atoms with Crippen LogP contribution in [0.15, 0.2) is 30.3 Å². The van der Waals surface area contributed by atoms with Crippen LogP contribution in [0.1, 0.15) is 38.1 Å². The normalized spacial score (nSPS) is 10.8. The molecule has 2 amide bonds. The van der Waals surface area contributed by atoms with E-state index in [2.05, 4.69) is 5.32 Å². The Hall–Kier alpha value is -2.64. The lowest BCUT2D eigenvalue weighted by atomic mass is 10.1. The molecule has 1 aromatic heterocycles. The lowest BCUT2D eigenvalue weighted by Crippen LogP contribution is -2.21. The molecular weight excluding hydrogens is 400 g/mol.